The maximum absolute atomic E-state index is 13.4. The Labute approximate surface area is 103 Å². The highest BCUT2D eigenvalue weighted by Gasteiger charge is 2.53. The van der Waals surface area contributed by atoms with E-state index in [9.17, 15) is 9.18 Å². The number of fused-ring (bicyclic) bond motifs is 1. The van der Waals surface area contributed by atoms with E-state index in [0.717, 1.165) is 13.1 Å². The van der Waals surface area contributed by atoms with Gasteiger partial charge >= 0.3 is 0 Å². The number of amides is 1. The van der Waals surface area contributed by atoms with Crippen LogP contribution in [0.5, 0.6) is 0 Å². The highest BCUT2D eigenvalue weighted by Crippen LogP contribution is 2.41. The molecule has 5 heteroatoms. The predicted octanol–water partition coefficient (Wildman–Crippen LogP) is 1.43. The van der Waals surface area contributed by atoms with Gasteiger partial charge in [-0.2, -0.15) is 0 Å². The number of piperidine rings is 1. The third kappa shape index (κ3) is 1.91. The molecule has 1 aromatic rings. The van der Waals surface area contributed by atoms with Gasteiger partial charge < -0.3 is 10.6 Å². The molecule has 3 rings (SSSR count). The Balaban J connectivity index is 1.72. The molecule has 0 bridgehead atoms. The molecule has 1 heterocycles. The molecule has 2 unspecified atom stereocenters. The highest BCUT2D eigenvalue weighted by molar-refractivity contribution is 6.31. The number of benzene rings is 1. The van der Waals surface area contributed by atoms with E-state index in [2.05, 4.69) is 10.6 Å². The molecule has 0 spiro atoms. The molecule has 0 aromatic heterocycles. The molecule has 1 saturated heterocycles. The van der Waals surface area contributed by atoms with Gasteiger partial charge in [0.05, 0.1) is 5.56 Å². The van der Waals surface area contributed by atoms with Crippen molar-refractivity contribution in [3.8, 4) is 0 Å². The quantitative estimate of drug-likeness (QED) is 0.838. The van der Waals surface area contributed by atoms with E-state index in [-0.39, 0.29) is 17.5 Å². The summed E-state index contributed by atoms with van der Waals surface area (Å²) in [5, 5.41) is 6.47. The van der Waals surface area contributed by atoms with Crippen LogP contribution in [0.1, 0.15) is 10.4 Å². The minimum Gasteiger partial charge on any atom is -0.349 e. The standard InChI is InChI=1S/C12H12ClFN2O/c13-6-1-2-10(14)7(3-6)12(17)16-11-8-4-15-5-9(8)11/h1-3,8-9,11,15H,4-5H2,(H,16,17). The topological polar surface area (TPSA) is 41.1 Å². The Morgan fingerprint density at radius 1 is 1.41 bits per heavy atom. The molecule has 90 valence electrons. The van der Waals surface area contributed by atoms with E-state index in [1.165, 1.54) is 18.2 Å². The second-order valence-electron chi connectivity index (χ2n) is 4.61. The Morgan fingerprint density at radius 3 is 2.82 bits per heavy atom. The number of nitrogens with one attached hydrogen (secondary N) is 2. The van der Waals surface area contributed by atoms with Gasteiger partial charge in [-0.3, -0.25) is 4.79 Å². The molecule has 2 N–H and O–H groups in total. The Kier molecular flexibility index (Phi) is 2.56. The van der Waals surface area contributed by atoms with Gasteiger partial charge in [-0.05, 0) is 30.0 Å². The van der Waals surface area contributed by atoms with Crippen molar-refractivity contribution in [2.75, 3.05) is 13.1 Å². The highest BCUT2D eigenvalue weighted by atomic mass is 35.5. The largest absolute Gasteiger partial charge is 0.349 e. The maximum Gasteiger partial charge on any atom is 0.254 e. The first kappa shape index (κ1) is 11.0. The molecule has 17 heavy (non-hydrogen) atoms. The monoisotopic (exact) mass is 254 g/mol. The zero-order valence-electron chi connectivity index (χ0n) is 9.04. The number of hydrogen-bond donors (Lipinski definition) is 2. The Hall–Kier alpha value is -1.13. The summed E-state index contributed by atoms with van der Waals surface area (Å²) in [7, 11) is 0. The number of hydrogen-bond acceptors (Lipinski definition) is 2. The first-order chi connectivity index (χ1) is 8.16. The molecule has 1 aliphatic heterocycles. The van der Waals surface area contributed by atoms with Gasteiger partial charge in [0, 0.05) is 24.2 Å². The minimum absolute atomic E-state index is 0.0235. The fraction of sp³-hybridized carbons (Fsp3) is 0.417. The molecule has 2 fully saturated rings. The summed E-state index contributed by atoms with van der Waals surface area (Å²) in [6, 6.07) is 4.21. The lowest BCUT2D eigenvalue weighted by Gasteiger charge is -2.08. The summed E-state index contributed by atoms with van der Waals surface area (Å²) in [6.45, 7) is 1.88. The first-order valence-electron chi connectivity index (χ1n) is 5.63. The van der Waals surface area contributed by atoms with Crippen LogP contribution in [0.25, 0.3) is 0 Å². The lowest BCUT2D eigenvalue weighted by molar-refractivity contribution is 0.0942. The van der Waals surface area contributed by atoms with Crippen molar-refractivity contribution >= 4 is 17.5 Å². The van der Waals surface area contributed by atoms with Gasteiger partial charge in [0.1, 0.15) is 5.82 Å². The average molecular weight is 255 g/mol. The zero-order valence-corrected chi connectivity index (χ0v) is 9.80. The van der Waals surface area contributed by atoms with Crippen molar-refractivity contribution in [1.29, 1.82) is 0 Å². The molecule has 1 saturated carbocycles. The summed E-state index contributed by atoms with van der Waals surface area (Å²) in [6.07, 6.45) is 0. The van der Waals surface area contributed by atoms with Gasteiger partial charge in [-0.25, -0.2) is 4.39 Å². The van der Waals surface area contributed by atoms with Crippen LogP contribution in [-0.4, -0.2) is 25.0 Å². The first-order valence-corrected chi connectivity index (χ1v) is 6.01. The van der Waals surface area contributed by atoms with E-state index in [1.807, 2.05) is 0 Å². The minimum atomic E-state index is -0.532. The van der Waals surface area contributed by atoms with Crippen LogP contribution in [0, 0.1) is 17.7 Å². The normalized spacial score (nSPS) is 29.9. The zero-order chi connectivity index (χ0) is 12.0. The predicted molar refractivity (Wildman–Crippen MR) is 62.5 cm³/mol. The number of halogens is 2. The average Bonchev–Trinajstić information content (AvgIpc) is 2.76. The van der Waals surface area contributed by atoms with Crippen LogP contribution >= 0.6 is 11.6 Å². The van der Waals surface area contributed by atoms with E-state index in [1.54, 1.807) is 0 Å². The van der Waals surface area contributed by atoms with Gasteiger partial charge in [0.15, 0.2) is 0 Å². The number of carbonyl (C=O) groups is 1. The molecule has 1 amide bonds. The van der Waals surface area contributed by atoms with Crippen LogP contribution in [0.4, 0.5) is 4.39 Å². The molecule has 3 nitrogen and oxygen atoms in total. The molecule has 1 aromatic carbocycles. The molecular weight excluding hydrogens is 243 g/mol. The van der Waals surface area contributed by atoms with E-state index >= 15 is 0 Å². The summed E-state index contributed by atoms with van der Waals surface area (Å²) >= 11 is 5.75. The molecule has 0 radical (unpaired) electrons. The third-order valence-electron chi connectivity index (χ3n) is 3.56. The lowest BCUT2D eigenvalue weighted by atomic mass is 10.2. The van der Waals surface area contributed by atoms with Gasteiger partial charge in [0.25, 0.3) is 5.91 Å². The molecule has 1 aliphatic carbocycles. The number of rotatable bonds is 2. The van der Waals surface area contributed by atoms with E-state index in [0.29, 0.717) is 16.9 Å². The fourth-order valence-corrected chi connectivity index (χ4v) is 2.71. The molecular formula is C12H12ClFN2O. The van der Waals surface area contributed by atoms with Crippen molar-refractivity contribution in [2.24, 2.45) is 11.8 Å². The summed E-state index contributed by atoms with van der Waals surface area (Å²) in [4.78, 5) is 11.9. The van der Waals surface area contributed by atoms with Crippen LogP contribution in [-0.2, 0) is 0 Å². The van der Waals surface area contributed by atoms with Gasteiger partial charge in [-0.15, -0.1) is 0 Å². The number of carbonyl (C=O) groups excluding carboxylic acids is 1. The van der Waals surface area contributed by atoms with Gasteiger partial charge in [-0.1, -0.05) is 11.6 Å². The summed E-state index contributed by atoms with van der Waals surface area (Å²) < 4.78 is 13.4. The van der Waals surface area contributed by atoms with Crippen molar-refractivity contribution in [3.05, 3.63) is 34.6 Å². The summed E-state index contributed by atoms with van der Waals surface area (Å²) in [5.41, 5.74) is 0.0235. The van der Waals surface area contributed by atoms with E-state index in [4.69, 9.17) is 11.6 Å². The second-order valence-corrected chi connectivity index (χ2v) is 5.05. The SMILES string of the molecule is O=C(NC1C2CNCC21)c1cc(Cl)ccc1F. The van der Waals surface area contributed by atoms with Crippen molar-refractivity contribution in [3.63, 3.8) is 0 Å². The van der Waals surface area contributed by atoms with Crippen molar-refractivity contribution in [2.45, 2.75) is 6.04 Å². The van der Waals surface area contributed by atoms with Crippen LogP contribution in [0.2, 0.25) is 5.02 Å². The van der Waals surface area contributed by atoms with Crippen molar-refractivity contribution in [1.82, 2.24) is 10.6 Å². The third-order valence-corrected chi connectivity index (χ3v) is 3.80. The fourth-order valence-electron chi connectivity index (χ4n) is 2.53. The maximum atomic E-state index is 13.4. The van der Waals surface area contributed by atoms with Crippen LogP contribution in [0.3, 0.4) is 0 Å². The van der Waals surface area contributed by atoms with Gasteiger partial charge in [0.2, 0.25) is 0 Å². The lowest BCUT2D eigenvalue weighted by Crippen LogP contribution is -2.33. The smallest absolute Gasteiger partial charge is 0.254 e. The Morgan fingerprint density at radius 2 is 2.12 bits per heavy atom. The van der Waals surface area contributed by atoms with Crippen molar-refractivity contribution < 1.29 is 9.18 Å². The van der Waals surface area contributed by atoms with E-state index < -0.39 is 5.82 Å². The summed E-state index contributed by atoms with van der Waals surface area (Å²) in [5.74, 6) is 0.127. The molecule has 2 atom stereocenters. The Bertz CT molecular complexity index is 470. The second kappa shape index (κ2) is 3.96. The molecule has 2 aliphatic rings. The van der Waals surface area contributed by atoms with Crippen LogP contribution in [0.15, 0.2) is 18.2 Å². The van der Waals surface area contributed by atoms with Crippen LogP contribution < -0.4 is 10.6 Å².